The molecule has 1 aliphatic heterocycles. The van der Waals surface area contributed by atoms with Crippen LogP contribution in [0.5, 0.6) is 0 Å². The topological polar surface area (TPSA) is 61.4 Å². The molecule has 1 fully saturated rings. The van der Waals surface area contributed by atoms with Crippen molar-refractivity contribution >= 4 is 29.1 Å². The maximum absolute atomic E-state index is 12.0. The summed E-state index contributed by atoms with van der Waals surface area (Å²) in [5.74, 6) is -0.0126. The molecule has 0 spiro atoms. The van der Waals surface area contributed by atoms with Crippen LogP contribution in [0.2, 0.25) is 5.02 Å². The molecule has 5 nitrogen and oxygen atoms in total. The summed E-state index contributed by atoms with van der Waals surface area (Å²) in [6.45, 7) is 1.46. The quantitative estimate of drug-likeness (QED) is 0.874. The highest BCUT2D eigenvalue weighted by atomic mass is 35.5. The first-order chi connectivity index (χ1) is 10.6. The van der Waals surface area contributed by atoms with Crippen molar-refractivity contribution in [2.45, 2.75) is 31.7 Å². The van der Waals surface area contributed by atoms with Crippen LogP contribution in [0.3, 0.4) is 0 Å². The Bertz CT molecular complexity index is 519. The van der Waals surface area contributed by atoms with Crippen LogP contribution in [-0.4, -0.2) is 42.9 Å². The molecule has 1 aromatic carbocycles. The Labute approximate surface area is 136 Å². The Morgan fingerprint density at radius 1 is 1.27 bits per heavy atom. The Hall–Kier alpha value is -1.59. The number of benzene rings is 1. The lowest BCUT2D eigenvalue weighted by molar-refractivity contribution is -0.128. The molecule has 120 valence electrons. The van der Waals surface area contributed by atoms with Crippen LogP contribution in [0.15, 0.2) is 24.3 Å². The van der Waals surface area contributed by atoms with Gasteiger partial charge in [0.15, 0.2) is 0 Å². The zero-order valence-corrected chi connectivity index (χ0v) is 13.5. The average Bonchev–Trinajstić information content (AvgIpc) is 2.54. The lowest BCUT2D eigenvalue weighted by Crippen LogP contribution is -2.49. The van der Waals surface area contributed by atoms with Crippen LogP contribution in [-0.2, 0) is 9.59 Å². The average molecular weight is 324 g/mol. The van der Waals surface area contributed by atoms with Crippen molar-refractivity contribution in [3.8, 4) is 0 Å². The van der Waals surface area contributed by atoms with Crippen molar-refractivity contribution in [1.82, 2.24) is 10.2 Å². The maximum Gasteiger partial charge on any atom is 0.237 e. The van der Waals surface area contributed by atoms with E-state index >= 15 is 0 Å². The number of rotatable bonds is 5. The second-order valence-electron chi connectivity index (χ2n) is 5.47. The molecular weight excluding hydrogens is 302 g/mol. The minimum absolute atomic E-state index is 0.0396. The van der Waals surface area contributed by atoms with Gasteiger partial charge in [-0.1, -0.05) is 18.0 Å². The van der Waals surface area contributed by atoms with Gasteiger partial charge < -0.3 is 10.6 Å². The number of hydrogen-bond acceptors (Lipinski definition) is 3. The highest BCUT2D eigenvalue weighted by Gasteiger charge is 2.27. The molecule has 1 heterocycles. The Morgan fingerprint density at radius 3 is 2.68 bits per heavy atom. The zero-order valence-electron chi connectivity index (χ0n) is 12.8. The molecule has 2 amide bonds. The first-order valence-electron chi connectivity index (χ1n) is 7.61. The van der Waals surface area contributed by atoms with E-state index in [2.05, 4.69) is 15.5 Å². The summed E-state index contributed by atoms with van der Waals surface area (Å²) in [6.07, 6.45) is 3.37. The molecule has 0 saturated carbocycles. The van der Waals surface area contributed by atoms with Crippen molar-refractivity contribution in [2.75, 3.05) is 25.5 Å². The van der Waals surface area contributed by atoms with Gasteiger partial charge in [0.25, 0.3) is 0 Å². The molecule has 0 aromatic heterocycles. The maximum atomic E-state index is 12.0. The van der Waals surface area contributed by atoms with Gasteiger partial charge in [0.2, 0.25) is 11.8 Å². The van der Waals surface area contributed by atoms with Gasteiger partial charge in [-0.25, -0.2) is 0 Å². The number of nitrogens with zero attached hydrogens (tertiary/aromatic N) is 1. The zero-order chi connectivity index (χ0) is 15.9. The Morgan fingerprint density at radius 2 is 2.00 bits per heavy atom. The second kappa shape index (κ2) is 8.15. The SMILES string of the molecule is CNC(=O)C1CCCCN1CCC(=O)Nc1ccc(Cl)cc1. The van der Waals surface area contributed by atoms with E-state index in [0.29, 0.717) is 18.0 Å². The smallest absolute Gasteiger partial charge is 0.237 e. The summed E-state index contributed by atoms with van der Waals surface area (Å²) in [4.78, 5) is 26.0. The van der Waals surface area contributed by atoms with Gasteiger partial charge in [-0.2, -0.15) is 0 Å². The Kier molecular flexibility index (Phi) is 6.21. The van der Waals surface area contributed by atoms with E-state index in [1.807, 2.05) is 0 Å². The number of carbonyl (C=O) groups excluding carboxylic acids is 2. The number of likely N-dealkylation sites (N-methyl/N-ethyl adjacent to an activating group) is 1. The van der Waals surface area contributed by atoms with Crippen molar-refractivity contribution in [3.63, 3.8) is 0 Å². The van der Waals surface area contributed by atoms with Gasteiger partial charge >= 0.3 is 0 Å². The molecule has 0 aliphatic carbocycles. The van der Waals surface area contributed by atoms with E-state index < -0.39 is 0 Å². The normalized spacial score (nSPS) is 18.7. The second-order valence-corrected chi connectivity index (χ2v) is 5.90. The van der Waals surface area contributed by atoms with Crippen LogP contribution in [0.4, 0.5) is 5.69 Å². The van der Waals surface area contributed by atoms with Crippen molar-refractivity contribution in [2.24, 2.45) is 0 Å². The van der Waals surface area contributed by atoms with E-state index in [-0.39, 0.29) is 17.9 Å². The summed E-state index contributed by atoms with van der Waals surface area (Å²) in [6, 6.07) is 6.91. The molecule has 0 bridgehead atoms. The van der Waals surface area contributed by atoms with Crippen LogP contribution in [0, 0.1) is 0 Å². The minimum atomic E-state index is -0.109. The van der Waals surface area contributed by atoms with Gasteiger partial charge in [-0.15, -0.1) is 0 Å². The Balaban J connectivity index is 1.83. The first kappa shape index (κ1) is 16.8. The fourth-order valence-electron chi connectivity index (χ4n) is 2.72. The molecule has 1 saturated heterocycles. The largest absolute Gasteiger partial charge is 0.358 e. The summed E-state index contributed by atoms with van der Waals surface area (Å²) in [5.41, 5.74) is 0.732. The van der Waals surface area contributed by atoms with Crippen molar-refractivity contribution < 1.29 is 9.59 Å². The molecular formula is C16H22ClN3O2. The third-order valence-corrected chi connectivity index (χ3v) is 4.17. The fourth-order valence-corrected chi connectivity index (χ4v) is 2.85. The number of likely N-dealkylation sites (tertiary alicyclic amines) is 1. The van der Waals surface area contributed by atoms with Crippen LogP contribution < -0.4 is 10.6 Å². The monoisotopic (exact) mass is 323 g/mol. The molecule has 1 atom stereocenters. The minimum Gasteiger partial charge on any atom is -0.358 e. The van der Waals surface area contributed by atoms with E-state index in [9.17, 15) is 9.59 Å². The number of nitrogens with one attached hydrogen (secondary N) is 2. The molecule has 1 aromatic rings. The predicted molar refractivity (Wildman–Crippen MR) is 88.0 cm³/mol. The van der Waals surface area contributed by atoms with Gasteiger partial charge in [-0.3, -0.25) is 14.5 Å². The van der Waals surface area contributed by atoms with Gasteiger partial charge in [0.1, 0.15) is 0 Å². The lowest BCUT2D eigenvalue weighted by Gasteiger charge is -2.34. The number of halogens is 1. The predicted octanol–water partition coefficient (Wildman–Crippen LogP) is 2.27. The van der Waals surface area contributed by atoms with Gasteiger partial charge in [0.05, 0.1) is 6.04 Å². The van der Waals surface area contributed by atoms with Crippen LogP contribution in [0.1, 0.15) is 25.7 Å². The molecule has 0 radical (unpaired) electrons. The van der Waals surface area contributed by atoms with E-state index in [1.54, 1.807) is 31.3 Å². The van der Waals surface area contributed by atoms with Crippen molar-refractivity contribution in [3.05, 3.63) is 29.3 Å². The number of carbonyl (C=O) groups is 2. The number of piperidine rings is 1. The molecule has 2 rings (SSSR count). The first-order valence-corrected chi connectivity index (χ1v) is 7.99. The summed E-state index contributed by atoms with van der Waals surface area (Å²) >= 11 is 5.81. The number of hydrogen-bond donors (Lipinski definition) is 2. The molecule has 6 heteroatoms. The lowest BCUT2D eigenvalue weighted by atomic mass is 10.0. The molecule has 2 N–H and O–H groups in total. The summed E-state index contributed by atoms with van der Waals surface area (Å²) in [5, 5.41) is 6.18. The number of anilines is 1. The molecule has 22 heavy (non-hydrogen) atoms. The fraction of sp³-hybridized carbons (Fsp3) is 0.500. The van der Waals surface area contributed by atoms with Crippen LogP contribution >= 0.6 is 11.6 Å². The third-order valence-electron chi connectivity index (χ3n) is 3.92. The summed E-state index contributed by atoms with van der Waals surface area (Å²) < 4.78 is 0. The van der Waals surface area contributed by atoms with E-state index in [4.69, 9.17) is 11.6 Å². The van der Waals surface area contributed by atoms with Gasteiger partial charge in [0, 0.05) is 30.7 Å². The third kappa shape index (κ3) is 4.71. The van der Waals surface area contributed by atoms with E-state index in [0.717, 1.165) is 31.5 Å². The molecule has 1 unspecified atom stereocenters. The van der Waals surface area contributed by atoms with Gasteiger partial charge in [-0.05, 0) is 43.7 Å². The highest BCUT2D eigenvalue weighted by Crippen LogP contribution is 2.18. The molecule has 1 aliphatic rings. The summed E-state index contributed by atoms with van der Waals surface area (Å²) in [7, 11) is 1.66. The highest BCUT2D eigenvalue weighted by molar-refractivity contribution is 6.30. The number of amides is 2. The van der Waals surface area contributed by atoms with E-state index in [1.165, 1.54) is 0 Å². The van der Waals surface area contributed by atoms with Crippen LogP contribution in [0.25, 0.3) is 0 Å². The van der Waals surface area contributed by atoms with Crippen molar-refractivity contribution in [1.29, 1.82) is 0 Å². The standard InChI is InChI=1S/C16H22ClN3O2/c1-18-16(22)14-4-2-3-10-20(14)11-9-15(21)19-13-7-5-12(17)6-8-13/h5-8,14H,2-4,9-11H2,1H3,(H,18,22)(H,19,21).